The fourth-order valence-electron chi connectivity index (χ4n) is 2.05. The maximum Gasteiger partial charge on any atom is 0.250 e. The number of carbonyl (C=O) groups excluding carboxylic acids is 2. The van der Waals surface area contributed by atoms with Gasteiger partial charge < -0.3 is 21.1 Å². The molecule has 120 valence electrons. The molecule has 0 unspecified atom stereocenters. The van der Waals surface area contributed by atoms with Crippen LogP contribution >= 0.6 is 0 Å². The first-order chi connectivity index (χ1) is 11.1. The second kappa shape index (κ2) is 7.84. The molecule has 0 radical (unpaired) electrons. The molecule has 0 saturated heterocycles. The molecule has 0 saturated carbocycles. The van der Waals surface area contributed by atoms with Crippen LogP contribution in [-0.4, -0.2) is 25.0 Å². The molecule has 0 aromatic heterocycles. The summed E-state index contributed by atoms with van der Waals surface area (Å²) in [6, 6.07) is 14.0. The van der Waals surface area contributed by atoms with Crippen molar-refractivity contribution in [1.29, 1.82) is 0 Å². The summed E-state index contributed by atoms with van der Waals surface area (Å²) < 4.78 is 5.40. The van der Waals surface area contributed by atoms with E-state index in [0.717, 1.165) is 11.4 Å². The molecule has 0 atom stereocenters. The molecule has 0 bridgehead atoms. The summed E-state index contributed by atoms with van der Waals surface area (Å²) in [5.74, 6) is -0.129. The highest BCUT2D eigenvalue weighted by Gasteiger charge is 2.10. The molecule has 0 aliphatic rings. The fraction of sp³-hybridized carbons (Fsp3) is 0.176. The van der Waals surface area contributed by atoms with E-state index in [0.29, 0.717) is 12.3 Å². The number of anilines is 2. The van der Waals surface area contributed by atoms with Crippen LogP contribution in [0.15, 0.2) is 48.5 Å². The molecule has 2 rings (SSSR count). The summed E-state index contributed by atoms with van der Waals surface area (Å²) in [4.78, 5) is 23.3. The monoisotopic (exact) mass is 313 g/mol. The molecule has 0 spiro atoms. The zero-order valence-electron chi connectivity index (χ0n) is 12.8. The van der Waals surface area contributed by atoms with Crippen LogP contribution in [0.2, 0.25) is 0 Å². The summed E-state index contributed by atoms with van der Waals surface area (Å²) in [5.41, 5.74) is 6.73. The maximum absolute atomic E-state index is 12.0. The summed E-state index contributed by atoms with van der Waals surface area (Å²) in [6.45, 7) is 2.54. The van der Waals surface area contributed by atoms with Gasteiger partial charge in [0.15, 0.2) is 0 Å². The Morgan fingerprint density at radius 2 is 1.91 bits per heavy atom. The quantitative estimate of drug-likeness (QED) is 0.730. The lowest BCUT2D eigenvalue weighted by atomic mass is 10.1. The minimum Gasteiger partial charge on any atom is -0.494 e. The number of amides is 2. The van der Waals surface area contributed by atoms with Gasteiger partial charge in [-0.25, -0.2) is 0 Å². The van der Waals surface area contributed by atoms with Crippen molar-refractivity contribution in [3.05, 3.63) is 54.1 Å². The molecule has 2 aromatic carbocycles. The Morgan fingerprint density at radius 3 is 2.65 bits per heavy atom. The van der Waals surface area contributed by atoms with Crippen LogP contribution in [0.5, 0.6) is 5.75 Å². The molecule has 0 aliphatic heterocycles. The Bertz CT molecular complexity index is 701. The molecular weight excluding hydrogens is 294 g/mol. The lowest BCUT2D eigenvalue weighted by Crippen LogP contribution is -2.24. The van der Waals surface area contributed by atoms with Crippen molar-refractivity contribution in [3.63, 3.8) is 0 Å². The van der Waals surface area contributed by atoms with Crippen LogP contribution in [0.4, 0.5) is 11.4 Å². The van der Waals surface area contributed by atoms with Crippen molar-refractivity contribution >= 4 is 23.2 Å². The molecule has 0 heterocycles. The van der Waals surface area contributed by atoms with Crippen LogP contribution in [0.25, 0.3) is 0 Å². The molecule has 0 aliphatic carbocycles. The summed E-state index contributed by atoms with van der Waals surface area (Å²) in [7, 11) is 0. The number of hydrogen-bond donors (Lipinski definition) is 3. The Hall–Kier alpha value is -3.02. The molecule has 23 heavy (non-hydrogen) atoms. The SMILES string of the molecule is CCOc1cccc(NCC(=O)Nc2ccccc2C(N)=O)c1. The van der Waals surface area contributed by atoms with E-state index < -0.39 is 5.91 Å². The maximum atomic E-state index is 12.0. The van der Waals surface area contributed by atoms with Crippen molar-refractivity contribution in [2.75, 3.05) is 23.8 Å². The lowest BCUT2D eigenvalue weighted by Gasteiger charge is -2.11. The average Bonchev–Trinajstić information content (AvgIpc) is 2.54. The number of benzene rings is 2. The van der Waals surface area contributed by atoms with Gasteiger partial charge in [0.2, 0.25) is 5.91 Å². The van der Waals surface area contributed by atoms with Crippen molar-refractivity contribution < 1.29 is 14.3 Å². The van der Waals surface area contributed by atoms with Crippen LogP contribution < -0.4 is 21.1 Å². The smallest absolute Gasteiger partial charge is 0.250 e. The molecule has 6 nitrogen and oxygen atoms in total. The number of hydrogen-bond acceptors (Lipinski definition) is 4. The summed E-state index contributed by atoms with van der Waals surface area (Å²) >= 11 is 0. The third kappa shape index (κ3) is 4.74. The standard InChI is InChI=1S/C17H19N3O3/c1-2-23-13-7-5-6-12(10-13)19-11-16(21)20-15-9-4-3-8-14(15)17(18)22/h3-10,19H,2,11H2,1H3,(H2,18,22)(H,20,21). The van der Waals surface area contributed by atoms with Crippen LogP contribution in [0.1, 0.15) is 17.3 Å². The molecule has 6 heteroatoms. The van der Waals surface area contributed by atoms with E-state index in [2.05, 4.69) is 10.6 Å². The van der Waals surface area contributed by atoms with Gasteiger partial charge in [0, 0.05) is 11.8 Å². The minimum absolute atomic E-state index is 0.0582. The second-order valence-electron chi connectivity index (χ2n) is 4.77. The van der Waals surface area contributed by atoms with E-state index in [9.17, 15) is 9.59 Å². The Balaban J connectivity index is 1.96. The minimum atomic E-state index is -0.585. The van der Waals surface area contributed by atoms with Gasteiger partial charge in [0.1, 0.15) is 5.75 Å². The molecular formula is C17H19N3O3. The Morgan fingerprint density at radius 1 is 1.13 bits per heavy atom. The third-order valence-electron chi connectivity index (χ3n) is 3.06. The van der Waals surface area contributed by atoms with Gasteiger partial charge in [-0.1, -0.05) is 18.2 Å². The third-order valence-corrected chi connectivity index (χ3v) is 3.06. The molecule has 4 N–H and O–H groups in total. The Labute approximate surface area is 134 Å². The highest BCUT2D eigenvalue weighted by atomic mass is 16.5. The van der Waals surface area contributed by atoms with Gasteiger partial charge in [-0.05, 0) is 31.2 Å². The molecule has 0 fully saturated rings. The van der Waals surface area contributed by atoms with Gasteiger partial charge in [-0.2, -0.15) is 0 Å². The number of rotatable bonds is 7. The number of primary amides is 1. The Kier molecular flexibility index (Phi) is 5.57. The van der Waals surface area contributed by atoms with Crippen LogP contribution in [0, 0.1) is 0 Å². The van der Waals surface area contributed by atoms with Crippen molar-refractivity contribution in [3.8, 4) is 5.75 Å². The van der Waals surface area contributed by atoms with Gasteiger partial charge >= 0.3 is 0 Å². The first-order valence-corrected chi connectivity index (χ1v) is 7.25. The summed E-state index contributed by atoms with van der Waals surface area (Å²) in [6.07, 6.45) is 0. The number of nitrogens with two attached hydrogens (primary N) is 1. The first kappa shape index (κ1) is 16.4. The van der Waals surface area contributed by atoms with Gasteiger partial charge in [-0.15, -0.1) is 0 Å². The van der Waals surface area contributed by atoms with E-state index in [1.165, 1.54) is 0 Å². The zero-order valence-corrected chi connectivity index (χ0v) is 12.8. The average molecular weight is 313 g/mol. The van der Waals surface area contributed by atoms with E-state index in [1.807, 2.05) is 31.2 Å². The summed E-state index contributed by atoms with van der Waals surface area (Å²) in [5, 5.41) is 5.67. The molecule has 2 aromatic rings. The number of ether oxygens (including phenoxy) is 1. The van der Waals surface area contributed by atoms with Crippen molar-refractivity contribution in [2.45, 2.75) is 6.92 Å². The predicted octanol–water partition coefficient (Wildman–Crippen LogP) is 2.23. The number of carbonyl (C=O) groups is 2. The predicted molar refractivity (Wildman–Crippen MR) is 89.7 cm³/mol. The fourth-order valence-corrected chi connectivity index (χ4v) is 2.05. The highest BCUT2D eigenvalue weighted by Crippen LogP contribution is 2.17. The lowest BCUT2D eigenvalue weighted by molar-refractivity contribution is -0.114. The van der Waals surface area contributed by atoms with Gasteiger partial charge in [0.25, 0.3) is 5.91 Å². The van der Waals surface area contributed by atoms with E-state index >= 15 is 0 Å². The van der Waals surface area contributed by atoms with Gasteiger partial charge in [0.05, 0.1) is 24.4 Å². The second-order valence-corrected chi connectivity index (χ2v) is 4.77. The number of para-hydroxylation sites is 1. The van der Waals surface area contributed by atoms with E-state index in [4.69, 9.17) is 10.5 Å². The van der Waals surface area contributed by atoms with E-state index in [1.54, 1.807) is 24.3 Å². The van der Waals surface area contributed by atoms with Crippen molar-refractivity contribution in [2.24, 2.45) is 5.73 Å². The highest BCUT2D eigenvalue weighted by molar-refractivity contribution is 6.03. The van der Waals surface area contributed by atoms with Crippen LogP contribution in [-0.2, 0) is 4.79 Å². The van der Waals surface area contributed by atoms with Crippen molar-refractivity contribution in [1.82, 2.24) is 0 Å². The van der Waals surface area contributed by atoms with Crippen LogP contribution in [0.3, 0.4) is 0 Å². The normalized spacial score (nSPS) is 9.96. The van der Waals surface area contributed by atoms with Gasteiger partial charge in [-0.3, -0.25) is 9.59 Å². The molecule has 2 amide bonds. The largest absolute Gasteiger partial charge is 0.494 e. The number of nitrogens with one attached hydrogen (secondary N) is 2. The topological polar surface area (TPSA) is 93.4 Å². The van der Waals surface area contributed by atoms with E-state index in [-0.39, 0.29) is 18.0 Å². The zero-order chi connectivity index (χ0) is 16.7. The first-order valence-electron chi connectivity index (χ1n) is 7.25.